The first kappa shape index (κ1) is 19.5. The molecule has 0 radical (unpaired) electrons. The molecule has 4 nitrogen and oxygen atoms in total. The second kappa shape index (κ2) is 7.07. The molecule has 0 aliphatic carbocycles. The van der Waals surface area contributed by atoms with Crippen LogP contribution >= 0.6 is 0 Å². The smallest absolute Gasteiger partial charge is 0.352 e. The van der Waals surface area contributed by atoms with Crippen LogP contribution in [0.1, 0.15) is 31.0 Å². The van der Waals surface area contributed by atoms with E-state index in [1.807, 2.05) is 0 Å². The van der Waals surface area contributed by atoms with Crippen molar-refractivity contribution in [2.45, 2.75) is 38.4 Å². The molecule has 1 aliphatic heterocycles. The largest absolute Gasteiger partial charge is 0.416 e. The van der Waals surface area contributed by atoms with Gasteiger partial charge in [0.15, 0.2) is 0 Å². The van der Waals surface area contributed by atoms with E-state index in [1.54, 1.807) is 6.92 Å². The zero-order valence-electron chi connectivity index (χ0n) is 15.5. The molecule has 1 aromatic carbocycles. The van der Waals surface area contributed by atoms with Gasteiger partial charge in [-0.25, -0.2) is 14.4 Å². The molecule has 2 heterocycles. The van der Waals surface area contributed by atoms with E-state index in [0.717, 1.165) is 31.5 Å². The first-order valence-corrected chi connectivity index (χ1v) is 8.76. The predicted octanol–water partition coefficient (Wildman–Crippen LogP) is 4.51. The van der Waals surface area contributed by atoms with Crippen LogP contribution in [0, 0.1) is 12.7 Å². The minimum absolute atomic E-state index is 0.0233. The van der Waals surface area contributed by atoms with Crippen molar-refractivity contribution in [1.82, 2.24) is 14.9 Å². The summed E-state index contributed by atoms with van der Waals surface area (Å²) in [6, 6.07) is 2.48. The molecule has 146 valence electrons. The van der Waals surface area contributed by atoms with Gasteiger partial charge in [-0.05, 0) is 52.4 Å². The molecule has 2 aromatic rings. The van der Waals surface area contributed by atoms with Crippen molar-refractivity contribution in [2.75, 3.05) is 25.5 Å². The second-order valence-corrected chi connectivity index (χ2v) is 7.26. The Morgan fingerprint density at radius 2 is 2.00 bits per heavy atom. The standard InChI is InChI=1S/C19H22F4N4/c1-12-15(14-6-5-13(9-16(14)20)19(21,22)23)10-24-17(26-12)25-11-18(2)7-4-8-27(18)3/h5-6,9-10H,4,7-8,11H2,1-3H3,(H,24,25,26). The number of nitrogens with zero attached hydrogens (tertiary/aromatic N) is 3. The van der Waals surface area contributed by atoms with Crippen LogP contribution in [-0.2, 0) is 6.18 Å². The summed E-state index contributed by atoms with van der Waals surface area (Å²) in [7, 11) is 2.08. The van der Waals surface area contributed by atoms with Gasteiger partial charge >= 0.3 is 6.18 Å². The Morgan fingerprint density at radius 1 is 1.26 bits per heavy atom. The molecule has 1 N–H and O–H groups in total. The number of rotatable bonds is 4. The molecule has 1 aromatic heterocycles. The summed E-state index contributed by atoms with van der Waals surface area (Å²) in [5, 5.41) is 3.21. The Kier molecular flexibility index (Phi) is 5.12. The van der Waals surface area contributed by atoms with Crippen LogP contribution in [0.25, 0.3) is 11.1 Å². The van der Waals surface area contributed by atoms with E-state index in [2.05, 4.69) is 34.2 Å². The van der Waals surface area contributed by atoms with Crippen LogP contribution < -0.4 is 5.32 Å². The number of hydrogen-bond donors (Lipinski definition) is 1. The van der Waals surface area contributed by atoms with Crippen molar-refractivity contribution < 1.29 is 17.6 Å². The maximum absolute atomic E-state index is 14.2. The normalized spacial score (nSPS) is 20.9. The highest BCUT2D eigenvalue weighted by Crippen LogP contribution is 2.33. The Balaban J connectivity index is 1.79. The number of likely N-dealkylation sites (tertiary alicyclic amines) is 1. The van der Waals surface area contributed by atoms with Gasteiger partial charge < -0.3 is 5.32 Å². The van der Waals surface area contributed by atoms with Crippen LogP contribution in [0.2, 0.25) is 0 Å². The average molecular weight is 382 g/mol. The molecule has 1 saturated heterocycles. The lowest BCUT2D eigenvalue weighted by Crippen LogP contribution is -2.44. The van der Waals surface area contributed by atoms with Gasteiger partial charge in [-0.2, -0.15) is 13.2 Å². The summed E-state index contributed by atoms with van der Waals surface area (Å²) in [5.74, 6) is -0.526. The van der Waals surface area contributed by atoms with E-state index in [1.165, 1.54) is 6.20 Å². The lowest BCUT2D eigenvalue weighted by molar-refractivity contribution is -0.137. The number of benzene rings is 1. The summed E-state index contributed by atoms with van der Waals surface area (Å²) >= 11 is 0. The van der Waals surface area contributed by atoms with Gasteiger partial charge in [0.05, 0.1) is 11.3 Å². The number of aromatic nitrogens is 2. The van der Waals surface area contributed by atoms with E-state index in [4.69, 9.17) is 0 Å². The fraction of sp³-hybridized carbons (Fsp3) is 0.474. The first-order valence-electron chi connectivity index (χ1n) is 8.76. The lowest BCUT2D eigenvalue weighted by Gasteiger charge is -2.32. The molecule has 1 atom stereocenters. The monoisotopic (exact) mass is 382 g/mol. The molecular formula is C19H22F4N4. The molecular weight excluding hydrogens is 360 g/mol. The molecule has 0 spiro atoms. The Hall–Kier alpha value is -2.22. The molecule has 0 saturated carbocycles. The first-order chi connectivity index (χ1) is 12.6. The molecule has 1 fully saturated rings. The fourth-order valence-corrected chi connectivity index (χ4v) is 3.38. The van der Waals surface area contributed by atoms with E-state index in [9.17, 15) is 17.6 Å². The van der Waals surface area contributed by atoms with Crippen molar-refractivity contribution in [3.05, 3.63) is 41.5 Å². The lowest BCUT2D eigenvalue weighted by atomic mass is 9.99. The highest BCUT2D eigenvalue weighted by molar-refractivity contribution is 5.66. The highest BCUT2D eigenvalue weighted by Gasteiger charge is 2.34. The number of likely N-dealkylation sites (N-methyl/N-ethyl adjacent to an activating group) is 1. The van der Waals surface area contributed by atoms with Crippen molar-refractivity contribution >= 4 is 5.95 Å². The molecule has 1 aliphatic rings. The summed E-state index contributed by atoms with van der Waals surface area (Å²) in [6.45, 7) is 5.58. The van der Waals surface area contributed by atoms with Gasteiger partial charge in [0.1, 0.15) is 5.82 Å². The molecule has 3 rings (SSSR count). The number of aryl methyl sites for hydroxylation is 1. The predicted molar refractivity (Wildman–Crippen MR) is 95.9 cm³/mol. The van der Waals surface area contributed by atoms with Gasteiger partial charge in [-0.1, -0.05) is 6.07 Å². The van der Waals surface area contributed by atoms with E-state index >= 15 is 0 Å². The van der Waals surface area contributed by atoms with Gasteiger partial charge in [0, 0.05) is 29.4 Å². The van der Waals surface area contributed by atoms with Crippen LogP contribution in [0.4, 0.5) is 23.5 Å². The van der Waals surface area contributed by atoms with Gasteiger partial charge in [0.25, 0.3) is 0 Å². The minimum atomic E-state index is -4.58. The molecule has 1 unspecified atom stereocenters. The Morgan fingerprint density at radius 3 is 2.56 bits per heavy atom. The van der Waals surface area contributed by atoms with Crippen molar-refractivity contribution in [3.63, 3.8) is 0 Å². The summed E-state index contributed by atoms with van der Waals surface area (Å²) in [6.07, 6.45) is -0.926. The van der Waals surface area contributed by atoms with Gasteiger partial charge in [-0.3, -0.25) is 4.90 Å². The molecule has 8 heteroatoms. The van der Waals surface area contributed by atoms with E-state index in [-0.39, 0.29) is 11.1 Å². The summed E-state index contributed by atoms with van der Waals surface area (Å²) < 4.78 is 52.3. The quantitative estimate of drug-likeness (QED) is 0.791. The summed E-state index contributed by atoms with van der Waals surface area (Å²) in [4.78, 5) is 10.9. The highest BCUT2D eigenvalue weighted by atomic mass is 19.4. The maximum Gasteiger partial charge on any atom is 0.416 e. The number of hydrogen-bond acceptors (Lipinski definition) is 4. The van der Waals surface area contributed by atoms with Crippen LogP contribution in [0.15, 0.2) is 24.4 Å². The van der Waals surface area contributed by atoms with Crippen LogP contribution in [-0.4, -0.2) is 40.5 Å². The maximum atomic E-state index is 14.2. The third-order valence-corrected chi connectivity index (χ3v) is 5.32. The van der Waals surface area contributed by atoms with Crippen molar-refractivity contribution in [3.8, 4) is 11.1 Å². The molecule has 0 amide bonds. The Labute approximate surface area is 155 Å². The summed E-state index contributed by atoms with van der Waals surface area (Å²) in [5.41, 5.74) is -0.0775. The third-order valence-electron chi connectivity index (χ3n) is 5.32. The Bertz CT molecular complexity index is 837. The van der Waals surface area contributed by atoms with Crippen LogP contribution in [0.3, 0.4) is 0 Å². The topological polar surface area (TPSA) is 41.1 Å². The van der Waals surface area contributed by atoms with Crippen molar-refractivity contribution in [1.29, 1.82) is 0 Å². The van der Waals surface area contributed by atoms with Gasteiger partial charge in [-0.15, -0.1) is 0 Å². The SMILES string of the molecule is Cc1nc(NCC2(C)CCCN2C)ncc1-c1ccc(C(F)(F)F)cc1F. The minimum Gasteiger partial charge on any atom is -0.352 e. The van der Waals surface area contributed by atoms with E-state index < -0.39 is 17.6 Å². The van der Waals surface area contributed by atoms with Crippen molar-refractivity contribution in [2.24, 2.45) is 0 Å². The fourth-order valence-electron chi connectivity index (χ4n) is 3.38. The molecule has 27 heavy (non-hydrogen) atoms. The van der Waals surface area contributed by atoms with E-state index in [0.29, 0.717) is 29.8 Å². The second-order valence-electron chi connectivity index (χ2n) is 7.26. The zero-order valence-corrected chi connectivity index (χ0v) is 15.5. The van der Waals surface area contributed by atoms with Gasteiger partial charge in [0.2, 0.25) is 5.95 Å². The average Bonchev–Trinajstić information content (AvgIpc) is 2.92. The number of anilines is 1. The molecule has 0 bridgehead atoms. The zero-order chi connectivity index (χ0) is 19.8. The third kappa shape index (κ3) is 4.05. The number of halogens is 4. The number of nitrogens with one attached hydrogen (secondary N) is 1. The van der Waals surface area contributed by atoms with Crippen LogP contribution in [0.5, 0.6) is 0 Å². The number of alkyl halides is 3.